The molecule has 1 aromatic carbocycles. The topological polar surface area (TPSA) is 46.8 Å². The van der Waals surface area contributed by atoms with Crippen LogP contribution in [0.25, 0.3) is 0 Å². The van der Waals surface area contributed by atoms with E-state index in [-0.39, 0.29) is 5.82 Å². The molecule has 0 radical (unpaired) electrons. The number of hydrogen-bond donors (Lipinski definition) is 0. The number of aryl methyl sites for hydroxylation is 2. The second kappa shape index (κ2) is 5.70. The number of aromatic nitrogens is 4. The van der Waals surface area contributed by atoms with E-state index in [9.17, 15) is 4.39 Å². The fraction of sp³-hybridized carbons (Fsp3) is 0.278. The Hall–Kier alpha value is -2.76. The molecule has 0 saturated carbocycles. The number of anilines is 1. The van der Waals surface area contributed by atoms with Crippen LogP contribution in [0.3, 0.4) is 0 Å². The second-order valence-electron chi connectivity index (χ2n) is 6.18. The monoisotopic (exact) mass is 323 g/mol. The summed E-state index contributed by atoms with van der Waals surface area (Å²) in [5, 5.41) is 4.49. The average molecular weight is 323 g/mol. The molecule has 4 rings (SSSR count). The van der Waals surface area contributed by atoms with Gasteiger partial charge in [0.2, 0.25) is 0 Å². The van der Waals surface area contributed by atoms with Crippen molar-refractivity contribution in [1.29, 1.82) is 0 Å². The van der Waals surface area contributed by atoms with Gasteiger partial charge < -0.3 is 4.90 Å². The number of benzene rings is 1. The lowest BCUT2D eigenvalue weighted by Gasteiger charge is -2.19. The van der Waals surface area contributed by atoms with E-state index in [4.69, 9.17) is 0 Å². The molecule has 1 aliphatic heterocycles. The first-order chi connectivity index (χ1) is 11.6. The van der Waals surface area contributed by atoms with Gasteiger partial charge >= 0.3 is 0 Å². The van der Waals surface area contributed by atoms with Crippen LogP contribution < -0.4 is 4.90 Å². The van der Waals surface area contributed by atoms with Crippen LogP contribution in [0.5, 0.6) is 0 Å². The Balaban J connectivity index is 1.58. The molecular weight excluding hydrogens is 305 g/mol. The molecule has 24 heavy (non-hydrogen) atoms. The summed E-state index contributed by atoms with van der Waals surface area (Å²) in [5.74, 6) is 1.54. The van der Waals surface area contributed by atoms with Gasteiger partial charge in [0, 0.05) is 23.9 Å². The minimum absolute atomic E-state index is 0.217. The largest absolute Gasteiger partial charge is 0.346 e. The molecule has 0 spiro atoms. The fourth-order valence-electron chi connectivity index (χ4n) is 3.09. The van der Waals surface area contributed by atoms with E-state index in [0.717, 1.165) is 35.9 Å². The quantitative estimate of drug-likeness (QED) is 0.743. The maximum atomic E-state index is 13.1. The third-order valence-electron chi connectivity index (χ3n) is 4.35. The highest BCUT2D eigenvalue weighted by Crippen LogP contribution is 2.29. The van der Waals surface area contributed by atoms with E-state index < -0.39 is 0 Å². The van der Waals surface area contributed by atoms with Gasteiger partial charge in [-0.15, -0.1) is 0 Å². The molecule has 3 heterocycles. The lowest BCUT2D eigenvalue weighted by atomic mass is 10.2. The fourth-order valence-corrected chi connectivity index (χ4v) is 3.09. The van der Waals surface area contributed by atoms with Gasteiger partial charge in [-0.05, 0) is 31.5 Å². The highest BCUT2D eigenvalue weighted by molar-refractivity contribution is 5.49. The summed E-state index contributed by atoms with van der Waals surface area (Å²) in [6.45, 7) is 6.15. The molecule has 0 aliphatic carbocycles. The molecule has 0 saturated heterocycles. The summed E-state index contributed by atoms with van der Waals surface area (Å²) < 4.78 is 15.0. The van der Waals surface area contributed by atoms with Crippen molar-refractivity contribution in [3.8, 4) is 0 Å². The first kappa shape index (κ1) is 14.8. The maximum absolute atomic E-state index is 13.1. The Bertz CT molecular complexity index is 885. The lowest BCUT2D eigenvalue weighted by molar-refractivity contribution is 0.620. The minimum atomic E-state index is -0.217. The van der Waals surface area contributed by atoms with Crippen LogP contribution in [0.4, 0.5) is 10.2 Å². The van der Waals surface area contributed by atoms with Gasteiger partial charge in [0.05, 0.1) is 25.0 Å². The summed E-state index contributed by atoms with van der Waals surface area (Å²) in [5.41, 5.74) is 4.52. The van der Waals surface area contributed by atoms with Crippen molar-refractivity contribution in [1.82, 2.24) is 19.7 Å². The molecule has 0 bridgehead atoms. The Kier molecular flexibility index (Phi) is 3.52. The number of fused-ring (bicyclic) bond motifs is 1. The predicted molar refractivity (Wildman–Crippen MR) is 89.1 cm³/mol. The third kappa shape index (κ3) is 2.64. The van der Waals surface area contributed by atoms with Crippen LogP contribution in [0.1, 0.15) is 28.2 Å². The van der Waals surface area contributed by atoms with Crippen LogP contribution in [-0.4, -0.2) is 19.7 Å². The van der Waals surface area contributed by atoms with Crippen molar-refractivity contribution in [3.63, 3.8) is 0 Å². The minimum Gasteiger partial charge on any atom is -0.346 e. The van der Waals surface area contributed by atoms with Crippen molar-refractivity contribution in [2.45, 2.75) is 33.5 Å². The van der Waals surface area contributed by atoms with E-state index in [1.165, 1.54) is 23.4 Å². The number of hydrogen-bond acceptors (Lipinski definition) is 4. The van der Waals surface area contributed by atoms with Crippen molar-refractivity contribution < 1.29 is 4.39 Å². The van der Waals surface area contributed by atoms with Gasteiger partial charge in [0.25, 0.3) is 0 Å². The molecule has 3 aromatic rings. The SMILES string of the molecule is Cc1ncc(C)c(N2Cc3cnn(Cc4ccc(F)cc4)c3C2)n1. The number of nitrogens with zero attached hydrogens (tertiary/aromatic N) is 5. The normalized spacial score (nSPS) is 13.4. The zero-order valence-corrected chi connectivity index (χ0v) is 13.7. The molecule has 122 valence electrons. The van der Waals surface area contributed by atoms with Gasteiger partial charge in [-0.25, -0.2) is 14.4 Å². The molecule has 0 fully saturated rings. The molecule has 6 heteroatoms. The highest BCUT2D eigenvalue weighted by Gasteiger charge is 2.25. The van der Waals surface area contributed by atoms with E-state index in [0.29, 0.717) is 6.54 Å². The van der Waals surface area contributed by atoms with Crippen LogP contribution in [0, 0.1) is 19.7 Å². The maximum Gasteiger partial charge on any atom is 0.135 e. The van der Waals surface area contributed by atoms with Gasteiger partial charge in [0.1, 0.15) is 17.5 Å². The van der Waals surface area contributed by atoms with Crippen molar-refractivity contribution >= 4 is 5.82 Å². The smallest absolute Gasteiger partial charge is 0.135 e. The molecule has 5 nitrogen and oxygen atoms in total. The van der Waals surface area contributed by atoms with Crippen LogP contribution in [-0.2, 0) is 19.6 Å². The van der Waals surface area contributed by atoms with Crippen LogP contribution >= 0.6 is 0 Å². The van der Waals surface area contributed by atoms with Gasteiger partial charge in [0.15, 0.2) is 0 Å². The number of rotatable bonds is 3. The Morgan fingerprint density at radius 3 is 2.67 bits per heavy atom. The van der Waals surface area contributed by atoms with Crippen molar-refractivity contribution in [2.75, 3.05) is 4.90 Å². The van der Waals surface area contributed by atoms with Gasteiger partial charge in [-0.3, -0.25) is 4.68 Å². The lowest BCUT2D eigenvalue weighted by Crippen LogP contribution is -2.20. The predicted octanol–water partition coefficient (Wildman–Crippen LogP) is 3.00. The molecule has 2 aromatic heterocycles. The number of halogens is 1. The van der Waals surface area contributed by atoms with E-state index >= 15 is 0 Å². The van der Waals surface area contributed by atoms with Gasteiger partial charge in [-0.2, -0.15) is 5.10 Å². The second-order valence-corrected chi connectivity index (χ2v) is 6.18. The Labute approximate surface area is 139 Å². The molecule has 1 aliphatic rings. The van der Waals surface area contributed by atoms with Crippen LogP contribution in [0.15, 0.2) is 36.7 Å². The Morgan fingerprint density at radius 2 is 1.88 bits per heavy atom. The van der Waals surface area contributed by atoms with Crippen molar-refractivity contribution in [3.05, 3.63) is 70.7 Å². The van der Waals surface area contributed by atoms with Crippen LogP contribution in [0.2, 0.25) is 0 Å². The zero-order chi connectivity index (χ0) is 16.7. The first-order valence-electron chi connectivity index (χ1n) is 7.93. The molecular formula is C18H18FN5. The standard InChI is InChI=1S/C18H18FN5/c1-12-7-20-13(2)22-18(12)23-10-15-8-21-24(17(15)11-23)9-14-3-5-16(19)6-4-14/h3-8H,9-11H2,1-2H3. The van der Waals surface area contributed by atoms with E-state index in [2.05, 4.69) is 20.0 Å². The molecule has 0 atom stereocenters. The van der Waals surface area contributed by atoms with Gasteiger partial charge in [-0.1, -0.05) is 12.1 Å². The molecule has 0 amide bonds. The summed E-state index contributed by atoms with van der Waals surface area (Å²) >= 11 is 0. The molecule has 0 unspecified atom stereocenters. The first-order valence-corrected chi connectivity index (χ1v) is 7.93. The summed E-state index contributed by atoms with van der Waals surface area (Å²) in [7, 11) is 0. The average Bonchev–Trinajstić information content (AvgIpc) is 3.14. The zero-order valence-electron chi connectivity index (χ0n) is 13.7. The summed E-state index contributed by atoms with van der Waals surface area (Å²) in [6.07, 6.45) is 3.79. The summed E-state index contributed by atoms with van der Waals surface area (Å²) in [6, 6.07) is 6.57. The Morgan fingerprint density at radius 1 is 1.08 bits per heavy atom. The molecule has 0 N–H and O–H groups in total. The third-order valence-corrected chi connectivity index (χ3v) is 4.35. The highest BCUT2D eigenvalue weighted by atomic mass is 19.1. The van der Waals surface area contributed by atoms with E-state index in [1.807, 2.05) is 30.9 Å². The van der Waals surface area contributed by atoms with Crippen molar-refractivity contribution in [2.24, 2.45) is 0 Å². The van der Waals surface area contributed by atoms with E-state index in [1.54, 1.807) is 12.1 Å². The summed E-state index contributed by atoms with van der Waals surface area (Å²) in [4.78, 5) is 11.1.